The summed E-state index contributed by atoms with van der Waals surface area (Å²) in [6.07, 6.45) is 1.01. The highest BCUT2D eigenvalue weighted by Gasteiger charge is 2.24. The lowest BCUT2D eigenvalue weighted by atomic mass is 9.87. The second-order valence-corrected chi connectivity index (χ2v) is 5.77. The number of rotatable bonds is 4. The van der Waals surface area contributed by atoms with E-state index in [4.69, 9.17) is 14.2 Å². The molecule has 0 saturated heterocycles. The number of fused-ring (bicyclic) bond motifs is 1. The van der Waals surface area contributed by atoms with Crippen molar-refractivity contribution < 1.29 is 14.2 Å². The monoisotopic (exact) mass is 313 g/mol. The molecule has 1 heterocycles. The maximum Gasteiger partial charge on any atom is 0.161 e. The Kier molecular flexibility index (Phi) is 4.44. The first-order valence-corrected chi connectivity index (χ1v) is 7.80. The van der Waals surface area contributed by atoms with Crippen LogP contribution in [0.3, 0.4) is 0 Å². The number of ether oxygens (including phenoxy) is 3. The molecule has 1 atom stereocenters. The van der Waals surface area contributed by atoms with Gasteiger partial charge in [0.1, 0.15) is 5.75 Å². The molecule has 0 saturated carbocycles. The van der Waals surface area contributed by atoms with Crippen LogP contribution in [0.1, 0.15) is 28.3 Å². The SMILES string of the molecule is COc1ccc2c(c1)CCNC2c1cc(OC)c(OC)cc1C. The van der Waals surface area contributed by atoms with E-state index in [1.165, 1.54) is 22.3 Å². The summed E-state index contributed by atoms with van der Waals surface area (Å²) in [5, 5.41) is 3.62. The summed E-state index contributed by atoms with van der Waals surface area (Å²) in [7, 11) is 5.04. The minimum absolute atomic E-state index is 0.157. The minimum atomic E-state index is 0.157. The first kappa shape index (κ1) is 15.7. The van der Waals surface area contributed by atoms with Crippen molar-refractivity contribution in [3.63, 3.8) is 0 Å². The number of hydrogen-bond acceptors (Lipinski definition) is 4. The summed E-state index contributed by atoms with van der Waals surface area (Å²) < 4.78 is 16.2. The van der Waals surface area contributed by atoms with Crippen molar-refractivity contribution in [2.45, 2.75) is 19.4 Å². The van der Waals surface area contributed by atoms with E-state index in [9.17, 15) is 0 Å². The molecule has 2 aromatic rings. The molecule has 0 fully saturated rings. The quantitative estimate of drug-likeness (QED) is 0.940. The van der Waals surface area contributed by atoms with E-state index in [2.05, 4.69) is 30.4 Å². The van der Waals surface area contributed by atoms with Gasteiger partial charge in [-0.05, 0) is 59.9 Å². The number of nitrogens with one attached hydrogen (secondary N) is 1. The van der Waals surface area contributed by atoms with Gasteiger partial charge in [0, 0.05) is 6.54 Å². The normalized spacial score (nSPS) is 16.6. The van der Waals surface area contributed by atoms with E-state index in [0.29, 0.717) is 0 Å². The Hall–Kier alpha value is -2.20. The van der Waals surface area contributed by atoms with Gasteiger partial charge in [0.2, 0.25) is 0 Å². The van der Waals surface area contributed by atoms with Crippen LogP contribution in [-0.4, -0.2) is 27.9 Å². The molecule has 1 aliphatic heterocycles. The van der Waals surface area contributed by atoms with Gasteiger partial charge in [-0.25, -0.2) is 0 Å². The Balaban J connectivity index is 2.07. The van der Waals surface area contributed by atoms with Crippen molar-refractivity contribution in [3.05, 3.63) is 52.6 Å². The van der Waals surface area contributed by atoms with Crippen LogP contribution in [0, 0.1) is 6.92 Å². The second-order valence-electron chi connectivity index (χ2n) is 5.77. The van der Waals surface area contributed by atoms with E-state index in [1.807, 2.05) is 12.1 Å². The molecule has 0 spiro atoms. The van der Waals surface area contributed by atoms with Crippen LogP contribution in [0.15, 0.2) is 30.3 Å². The fourth-order valence-electron chi connectivity index (χ4n) is 3.25. The van der Waals surface area contributed by atoms with Gasteiger partial charge in [-0.2, -0.15) is 0 Å². The molecule has 0 amide bonds. The molecule has 0 aliphatic carbocycles. The highest BCUT2D eigenvalue weighted by atomic mass is 16.5. The molecule has 2 aromatic carbocycles. The molecule has 23 heavy (non-hydrogen) atoms. The highest BCUT2D eigenvalue weighted by Crippen LogP contribution is 2.37. The summed E-state index contributed by atoms with van der Waals surface area (Å²) in [5.41, 5.74) is 5.03. The zero-order valence-electron chi connectivity index (χ0n) is 14.1. The molecule has 3 rings (SSSR count). The van der Waals surface area contributed by atoms with Gasteiger partial charge < -0.3 is 19.5 Å². The third-order valence-corrected chi connectivity index (χ3v) is 4.49. The molecule has 1 N–H and O–H groups in total. The third kappa shape index (κ3) is 2.86. The maximum atomic E-state index is 5.47. The van der Waals surface area contributed by atoms with Crippen molar-refractivity contribution in [2.24, 2.45) is 0 Å². The van der Waals surface area contributed by atoms with Crippen molar-refractivity contribution >= 4 is 0 Å². The van der Waals surface area contributed by atoms with Crippen LogP contribution in [0.2, 0.25) is 0 Å². The smallest absolute Gasteiger partial charge is 0.161 e. The first-order chi connectivity index (χ1) is 11.2. The van der Waals surface area contributed by atoms with Gasteiger partial charge in [-0.1, -0.05) is 6.07 Å². The van der Waals surface area contributed by atoms with Gasteiger partial charge in [-0.15, -0.1) is 0 Å². The molecular weight excluding hydrogens is 290 g/mol. The second kappa shape index (κ2) is 6.50. The number of hydrogen-bond donors (Lipinski definition) is 1. The standard InChI is InChI=1S/C19H23NO3/c1-12-9-17(22-3)18(23-4)11-16(12)19-15-6-5-14(21-2)10-13(15)7-8-20-19/h5-6,9-11,19-20H,7-8H2,1-4H3. The Bertz CT molecular complexity index is 712. The summed E-state index contributed by atoms with van der Waals surface area (Å²) in [6.45, 7) is 3.05. The van der Waals surface area contributed by atoms with Crippen molar-refractivity contribution in [1.29, 1.82) is 0 Å². The fourth-order valence-corrected chi connectivity index (χ4v) is 3.25. The molecule has 122 valence electrons. The lowest BCUT2D eigenvalue weighted by Crippen LogP contribution is -2.31. The van der Waals surface area contributed by atoms with E-state index >= 15 is 0 Å². The average Bonchev–Trinajstić information content (AvgIpc) is 2.60. The molecule has 0 bridgehead atoms. The average molecular weight is 313 g/mol. The maximum absolute atomic E-state index is 5.47. The van der Waals surface area contributed by atoms with Crippen LogP contribution in [0.25, 0.3) is 0 Å². The molecule has 4 heteroatoms. The third-order valence-electron chi connectivity index (χ3n) is 4.49. The topological polar surface area (TPSA) is 39.7 Å². The number of benzene rings is 2. The van der Waals surface area contributed by atoms with E-state index in [-0.39, 0.29) is 6.04 Å². The van der Waals surface area contributed by atoms with Gasteiger partial charge >= 0.3 is 0 Å². The van der Waals surface area contributed by atoms with Crippen LogP contribution in [0.4, 0.5) is 0 Å². The molecule has 0 radical (unpaired) electrons. The summed E-state index contributed by atoms with van der Waals surface area (Å²) in [6, 6.07) is 10.6. The summed E-state index contributed by atoms with van der Waals surface area (Å²) in [5.74, 6) is 2.43. The Morgan fingerprint density at radius 2 is 1.65 bits per heavy atom. The number of aryl methyl sites for hydroxylation is 1. The predicted molar refractivity (Wildman–Crippen MR) is 90.8 cm³/mol. The van der Waals surface area contributed by atoms with Crippen LogP contribution < -0.4 is 19.5 Å². The largest absolute Gasteiger partial charge is 0.497 e. The fraction of sp³-hybridized carbons (Fsp3) is 0.368. The Labute approximate surface area is 137 Å². The van der Waals surface area contributed by atoms with Crippen LogP contribution in [0.5, 0.6) is 17.2 Å². The van der Waals surface area contributed by atoms with Crippen molar-refractivity contribution in [3.8, 4) is 17.2 Å². The Morgan fingerprint density at radius 1 is 0.913 bits per heavy atom. The summed E-state index contributed by atoms with van der Waals surface area (Å²) >= 11 is 0. The molecular formula is C19H23NO3. The van der Waals surface area contributed by atoms with Crippen molar-refractivity contribution in [1.82, 2.24) is 5.32 Å². The zero-order chi connectivity index (χ0) is 16.4. The van der Waals surface area contributed by atoms with Gasteiger partial charge in [-0.3, -0.25) is 0 Å². The number of methoxy groups -OCH3 is 3. The Morgan fingerprint density at radius 3 is 2.35 bits per heavy atom. The van der Waals surface area contributed by atoms with E-state index in [0.717, 1.165) is 30.2 Å². The zero-order valence-corrected chi connectivity index (χ0v) is 14.1. The lowest BCUT2D eigenvalue weighted by Gasteiger charge is -2.29. The molecule has 4 nitrogen and oxygen atoms in total. The minimum Gasteiger partial charge on any atom is -0.497 e. The highest BCUT2D eigenvalue weighted by molar-refractivity contribution is 5.52. The molecule has 1 aliphatic rings. The van der Waals surface area contributed by atoms with Crippen LogP contribution in [-0.2, 0) is 6.42 Å². The molecule has 0 aromatic heterocycles. The van der Waals surface area contributed by atoms with Crippen LogP contribution >= 0.6 is 0 Å². The summed E-state index contributed by atoms with van der Waals surface area (Å²) in [4.78, 5) is 0. The van der Waals surface area contributed by atoms with E-state index in [1.54, 1.807) is 21.3 Å². The lowest BCUT2D eigenvalue weighted by molar-refractivity contribution is 0.353. The molecule has 1 unspecified atom stereocenters. The van der Waals surface area contributed by atoms with Gasteiger partial charge in [0.05, 0.1) is 27.4 Å². The first-order valence-electron chi connectivity index (χ1n) is 7.80. The van der Waals surface area contributed by atoms with E-state index < -0.39 is 0 Å². The van der Waals surface area contributed by atoms with Gasteiger partial charge in [0.25, 0.3) is 0 Å². The van der Waals surface area contributed by atoms with Crippen molar-refractivity contribution in [2.75, 3.05) is 27.9 Å². The predicted octanol–water partition coefficient (Wildman–Crippen LogP) is 3.26. The van der Waals surface area contributed by atoms with Gasteiger partial charge in [0.15, 0.2) is 11.5 Å².